The molecule has 0 spiro atoms. The first-order valence-corrected chi connectivity index (χ1v) is 11.1. The average molecular weight is 434 g/mol. The smallest absolute Gasteiger partial charge is 0.259 e. The average Bonchev–Trinajstić information content (AvgIpc) is 2.83. The summed E-state index contributed by atoms with van der Waals surface area (Å²) in [4.78, 5) is 18.1. The molecule has 2 aromatic carbocycles. The minimum Gasteiger partial charge on any atom is -0.507 e. The fourth-order valence-electron chi connectivity index (χ4n) is 4.64. The second kappa shape index (κ2) is 9.49. The summed E-state index contributed by atoms with van der Waals surface area (Å²) in [7, 11) is 1.64. The van der Waals surface area contributed by atoms with E-state index < -0.39 is 0 Å². The lowest BCUT2D eigenvalue weighted by Crippen LogP contribution is -2.49. The Bertz CT molecular complexity index is 1100. The van der Waals surface area contributed by atoms with Gasteiger partial charge in [-0.15, -0.1) is 0 Å². The molecule has 1 aliphatic rings. The number of aromatic hydroxyl groups is 1. The number of aryl methyl sites for hydroxylation is 1. The van der Waals surface area contributed by atoms with Gasteiger partial charge in [-0.2, -0.15) is 0 Å². The minimum absolute atomic E-state index is 0.0588. The van der Waals surface area contributed by atoms with Gasteiger partial charge in [-0.3, -0.25) is 9.69 Å². The van der Waals surface area contributed by atoms with Gasteiger partial charge in [-0.05, 0) is 49.7 Å². The molecule has 0 bridgehead atoms. The van der Waals surface area contributed by atoms with Crippen molar-refractivity contribution in [3.05, 3.63) is 87.8 Å². The van der Waals surface area contributed by atoms with Crippen LogP contribution in [0.15, 0.2) is 65.5 Å². The van der Waals surface area contributed by atoms with Crippen LogP contribution in [-0.2, 0) is 6.54 Å². The van der Waals surface area contributed by atoms with Gasteiger partial charge < -0.3 is 19.3 Å². The van der Waals surface area contributed by atoms with E-state index in [9.17, 15) is 9.90 Å². The highest BCUT2D eigenvalue weighted by molar-refractivity contribution is 5.47. The van der Waals surface area contributed by atoms with Crippen LogP contribution < -0.4 is 15.2 Å². The van der Waals surface area contributed by atoms with E-state index in [1.165, 1.54) is 5.69 Å². The van der Waals surface area contributed by atoms with Crippen molar-refractivity contribution in [2.24, 2.45) is 0 Å². The van der Waals surface area contributed by atoms with E-state index in [-0.39, 0.29) is 17.4 Å². The standard InChI is InChI=1S/C26H31N3O3/c1-4-29-19(2)18-23(30)24(26(29)31)25(20-10-12-22(32-3)13-11-20)28-16-14-27(15-17-28)21-8-6-5-7-9-21/h5-13,18,25,30H,4,14-17H2,1-3H3/t25-/m1/s1. The highest BCUT2D eigenvalue weighted by Crippen LogP contribution is 2.34. The summed E-state index contributed by atoms with van der Waals surface area (Å²) in [6, 6.07) is 19.6. The van der Waals surface area contributed by atoms with E-state index in [0.29, 0.717) is 12.1 Å². The summed E-state index contributed by atoms with van der Waals surface area (Å²) >= 11 is 0. The molecule has 1 fully saturated rings. The topological polar surface area (TPSA) is 57.9 Å². The molecule has 0 aliphatic carbocycles. The lowest BCUT2D eigenvalue weighted by Gasteiger charge is -2.40. The molecule has 3 aromatic rings. The van der Waals surface area contributed by atoms with Crippen molar-refractivity contribution in [1.82, 2.24) is 9.47 Å². The Morgan fingerprint density at radius 2 is 1.66 bits per heavy atom. The lowest BCUT2D eigenvalue weighted by atomic mass is 9.95. The van der Waals surface area contributed by atoms with Crippen molar-refractivity contribution in [2.45, 2.75) is 26.4 Å². The van der Waals surface area contributed by atoms with Crippen molar-refractivity contribution in [1.29, 1.82) is 0 Å². The monoisotopic (exact) mass is 433 g/mol. The van der Waals surface area contributed by atoms with Crippen molar-refractivity contribution in [3.63, 3.8) is 0 Å². The van der Waals surface area contributed by atoms with Gasteiger partial charge in [0.15, 0.2) is 0 Å². The van der Waals surface area contributed by atoms with Gasteiger partial charge in [0, 0.05) is 44.1 Å². The van der Waals surface area contributed by atoms with Gasteiger partial charge in [0.1, 0.15) is 11.5 Å². The largest absolute Gasteiger partial charge is 0.507 e. The molecule has 168 valence electrons. The Kier molecular flexibility index (Phi) is 6.51. The van der Waals surface area contributed by atoms with Gasteiger partial charge in [0.2, 0.25) is 0 Å². The first kappa shape index (κ1) is 22.0. The van der Waals surface area contributed by atoms with Crippen LogP contribution >= 0.6 is 0 Å². The number of benzene rings is 2. The van der Waals surface area contributed by atoms with E-state index in [1.54, 1.807) is 17.7 Å². The fraction of sp³-hybridized carbons (Fsp3) is 0.346. The highest BCUT2D eigenvalue weighted by Gasteiger charge is 2.31. The number of methoxy groups -OCH3 is 1. The Morgan fingerprint density at radius 3 is 2.25 bits per heavy atom. The van der Waals surface area contributed by atoms with Crippen LogP contribution in [0.25, 0.3) is 0 Å². The van der Waals surface area contributed by atoms with E-state index in [1.807, 2.05) is 44.2 Å². The van der Waals surface area contributed by atoms with Gasteiger partial charge in [-0.1, -0.05) is 30.3 Å². The fourth-order valence-corrected chi connectivity index (χ4v) is 4.64. The van der Waals surface area contributed by atoms with Crippen molar-refractivity contribution in [3.8, 4) is 11.5 Å². The maximum Gasteiger partial charge on any atom is 0.259 e. The number of piperazine rings is 1. The number of hydrogen-bond donors (Lipinski definition) is 1. The molecule has 1 N–H and O–H groups in total. The normalized spacial score (nSPS) is 15.5. The Hall–Kier alpha value is -3.25. The van der Waals surface area contributed by atoms with E-state index in [4.69, 9.17) is 4.74 Å². The van der Waals surface area contributed by atoms with Gasteiger partial charge in [0.05, 0.1) is 18.7 Å². The number of hydrogen-bond acceptors (Lipinski definition) is 5. The van der Waals surface area contributed by atoms with E-state index in [0.717, 1.165) is 43.2 Å². The zero-order valence-electron chi connectivity index (χ0n) is 19.0. The van der Waals surface area contributed by atoms with Crippen molar-refractivity contribution >= 4 is 5.69 Å². The van der Waals surface area contributed by atoms with Crippen LogP contribution in [0.4, 0.5) is 5.69 Å². The summed E-state index contributed by atoms with van der Waals surface area (Å²) in [5.41, 5.74) is 3.26. The summed E-state index contributed by atoms with van der Waals surface area (Å²) in [5.74, 6) is 0.823. The third-order valence-corrected chi connectivity index (χ3v) is 6.34. The summed E-state index contributed by atoms with van der Waals surface area (Å²) < 4.78 is 7.06. The zero-order valence-corrected chi connectivity index (χ0v) is 19.0. The second-order valence-electron chi connectivity index (χ2n) is 8.17. The number of pyridine rings is 1. The molecule has 1 atom stereocenters. The molecule has 1 aliphatic heterocycles. The summed E-state index contributed by atoms with van der Waals surface area (Å²) in [5, 5.41) is 10.9. The molecular formula is C26H31N3O3. The minimum atomic E-state index is -0.329. The van der Waals surface area contributed by atoms with Crippen LogP contribution in [0.1, 0.15) is 29.8 Å². The number of ether oxygens (including phenoxy) is 1. The third kappa shape index (κ3) is 4.23. The Labute approximate surface area is 189 Å². The number of rotatable bonds is 6. The number of nitrogens with zero attached hydrogens (tertiary/aromatic N) is 3. The molecule has 2 heterocycles. The Balaban J connectivity index is 1.72. The quantitative estimate of drug-likeness (QED) is 0.641. The lowest BCUT2D eigenvalue weighted by molar-refractivity contribution is 0.207. The second-order valence-corrected chi connectivity index (χ2v) is 8.17. The van der Waals surface area contributed by atoms with Gasteiger partial charge in [0.25, 0.3) is 5.56 Å². The predicted octanol–water partition coefficient (Wildman–Crippen LogP) is 3.80. The molecule has 1 saturated heterocycles. The van der Waals surface area contributed by atoms with Gasteiger partial charge in [-0.25, -0.2) is 0 Å². The molecule has 0 amide bonds. The predicted molar refractivity (Wildman–Crippen MR) is 128 cm³/mol. The molecule has 6 heteroatoms. The van der Waals surface area contributed by atoms with Crippen LogP contribution in [0.3, 0.4) is 0 Å². The summed E-state index contributed by atoms with van der Waals surface area (Å²) in [6.45, 7) is 7.65. The third-order valence-electron chi connectivity index (χ3n) is 6.34. The molecule has 4 rings (SSSR count). The van der Waals surface area contributed by atoms with Crippen molar-refractivity contribution in [2.75, 3.05) is 38.2 Å². The first-order valence-electron chi connectivity index (χ1n) is 11.1. The van der Waals surface area contributed by atoms with E-state index >= 15 is 0 Å². The molecule has 1 aromatic heterocycles. The van der Waals surface area contributed by atoms with Crippen LogP contribution in [0, 0.1) is 6.92 Å². The number of aromatic nitrogens is 1. The van der Waals surface area contributed by atoms with E-state index in [2.05, 4.69) is 34.1 Å². The molecule has 32 heavy (non-hydrogen) atoms. The Morgan fingerprint density at radius 1 is 1.00 bits per heavy atom. The molecular weight excluding hydrogens is 402 g/mol. The SMILES string of the molecule is CCn1c(C)cc(O)c([C@@H](c2ccc(OC)cc2)N2CCN(c3ccccc3)CC2)c1=O. The summed E-state index contributed by atoms with van der Waals surface area (Å²) in [6.07, 6.45) is 0. The molecule has 6 nitrogen and oxygen atoms in total. The van der Waals surface area contributed by atoms with Gasteiger partial charge >= 0.3 is 0 Å². The maximum absolute atomic E-state index is 13.4. The molecule has 0 saturated carbocycles. The van der Waals surface area contributed by atoms with Crippen LogP contribution in [-0.4, -0.2) is 47.9 Å². The number of para-hydroxylation sites is 1. The zero-order chi connectivity index (χ0) is 22.7. The van der Waals surface area contributed by atoms with Crippen molar-refractivity contribution < 1.29 is 9.84 Å². The highest BCUT2D eigenvalue weighted by atomic mass is 16.5. The maximum atomic E-state index is 13.4. The number of anilines is 1. The molecule has 0 unspecified atom stereocenters. The first-order chi connectivity index (χ1) is 15.5. The van der Waals surface area contributed by atoms with Crippen LogP contribution in [0.2, 0.25) is 0 Å². The molecule has 0 radical (unpaired) electrons. The van der Waals surface area contributed by atoms with Crippen LogP contribution in [0.5, 0.6) is 11.5 Å².